The van der Waals surface area contributed by atoms with Crippen LogP contribution in [0.4, 0.5) is 5.69 Å². The van der Waals surface area contributed by atoms with Gasteiger partial charge in [-0.2, -0.15) is 5.10 Å². The predicted octanol–water partition coefficient (Wildman–Crippen LogP) is 0.978. The van der Waals surface area contributed by atoms with Crippen LogP contribution in [0.25, 0.3) is 4.83 Å². The second-order valence-electron chi connectivity index (χ2n) is 1.76. The van der Waals surface area contributed by atoms with Crippen molar-refractivity contribution >= 4 is 21.9 Å². The topological polar surface area (TPSA) is 43.3 Å². The van der Waals surface area contributed by atoms with E-state index in [4.69, 9.17) is 5.73 Å². The van der Waals surface area contributed by atoms with Crippen LogP contribution >= 0.6 is 11.3 Å². The van der Waals surface area contributed by atoms with Gasteiger partial charge in [0.15, 0.2) is 0 Å². The summed E-state index contributed by atoms with van der Waals surface area (Å²) in [6, 6.07) is 1.85. The van der Waals surface area contributed by atoms with Crippen molar-refractivity contribution in [2.45, 2.75) is 0 Å². The molecular weight excluding hydrogens is 134 g/mol. The molecule has 2 heterocycles. The molecule has 0 saturated heterocycles. The van der Waals surface area contributed by atoms with Crippen molar-refractivity contribution in [3.05, 3.63) is 17.8 Å². The van der Waals surface area contributed by atoms with E-state index in [-0.39, 0.29) is 0 Å². The molecule has 4 heteroatoms. The Morgan fingerprint density at radius 1 is 1.67 bits per heavy atom. The number of hydrogen-bond acceptors (Lipinski definition) is 3. The number of nitrogens with two attached hydrogens (primary N) is 1. The highest BCUT2D eigenvalue weighted by atomic mass is 32.1. The fraction of sp³-hybridized carbons (Fsp3) is 0. The molecule has 2 rings (SSSR count). The van der Waals surface area contributed by atoms with Crippen LogP contribution in [-0.2, 0) is 0 Å². The molecule has 0 bridgehead atoms. The Balaban J connectivity index is 2.99. The minimum Gasteiger partial charge on any atom is -0.396 e. The van der Waals surface area contributed by atoms with Crippen LogP contribution in [0.15, 0.2) is 17.8 Å². The Labute approximate surface area is 55.7 Å². The van der Waals surface area contributed by atoms with E-state index in [9.17, 15) is 0 Å². The normalized spacial score (nSPS) is 10.7. The Hall–Kier alpha value is -1.03. The van der Waals surface area contributed by atoms with Crippen LogP contribution in [0, 0.1) is 0 Å². The number of anilines is 1. The van der Waals surface area contributed by atoms with Gasteiger partial charge in [0.1, 0.15) is 10.3 Å². The smallest absolute Gasteiger partial charge is 0.142 e. The summed E-state index contributed by atoms with van der Waals surface area (Å²) >= 11 is 1.55. The minimum atomic E-state index is 0.803. The summed E-state index contributed by atoms with van der Waals surface area (Å²) in [6.45, 7) is 0. The monoisotopic (exact) mass is 139 g/mol. The molecule has 2 aromatic rings. The number of aromatic nitrogens is 2. The molecule has 46 valence electrons. The maximum Gasteiger partial charge on any atom is 0.142 e. The highest BCUT2D eigenvalue weighted by molar-refractivity contribution is 7.15. The van der Waals surface area contributed by atoms with Crippen molar-refractivity contribution in [3.8, 4) is 0 Å². The van der Waals surface area contributed by atoms with Gasteiger partial charge < -0.3 is 5.73 Å². The zero-order valence-electron chi connectivity index (χ0n) is 4.61. The third-order valence-electron chi connectivity index (χ3n) is 1.19. The van der Waals surface area contributed by atoms with Gasteiger partial charge in [-0.3, -0.25) is 0 Å². The van der Waals surface area contributed by atoms with Gasteiger partial charge in [0.2, 0.25) is 0 Å². The first-order valence-corrected chi connectivity index (χ1v) is 3.42. The molecule has 0 saturated carbocycles. The molecule has 0 aromatic carbocycles. The van der Waals surface area contributed by atoms with Crippen LogP contribution < -0.4 is 5.73 Å². The molecule has 0 unspecified atom stereocenters. The second-order valence-corrected chi connectivity index (χ2v) is 2.59. The van der Waals surface area contributed by atoms with Gasteiger partial charge in [0.25, 0.3) is 0 Å². The number of rotatable bonds is 0. The first-order valence-electron chi connectivity index (χ1n) is 2.54. The Kier molecular flexibility index (Phi) is 0.790. The van der Waals surface area contributed by atoms with E-state index >= 15 is 0 Å². The lowest BCUT2D eigenvalue weighted by atomic mass is 10.6. The fourth-order valence-electron chi connectivity index (χ4n) is 0.759. The van der Waals surface area contributed by atoms with E-state index in [2.05, 4.69) is 5.10 Å². The van der Waals surface area contributed by atoms with Crippen LogP contribution in [0.5, 0.6) is 0 Å². The molecule has 0 atom stereocenters. The summed E-state index contributed by atoms with van der Waals surface area (Å²) in [5, 5.41) is 3.99. The third kappa shape index (κ3) is 0.533. The lowest BCUT2D eigenvalue weighted by Gasteiger charge is -1.78. The lowest BCUT2D eigenvalue weighted by Crippen LogP contribution is -1.80. The largest absolute Gasteiger partial charge is 0.396 e. The molecule has 3 nitrogen and oxygen atoms in total. The van der Waals surface area contributed by atoms with Crippen molar-refractivity contribution in [1.29, 1.82) is 0 Å². The van der Waals surface area contributed by atoms with E-state index in [1.165, 1.54) is 0 Å². The first-order chi connectivity index (χ1) is 4.38. The molecule has 0 aliphatic carbocycles. The summed E-state index contributed by atoms with van der Waals surface area (Å²) in [7, 11) is 0. The van der Waals surface area contributed by atoms with Gasteiger partial charge in [-0.25, -0.2) is 4.52 Å². The zero-order valence-corrected chi connectivity index (χ0v) is 5.43. The minimum absolute atomic E-state index is 0.803. The van der Waals surface area contributed by atoms with Crippen molar-refractivity contribution in [1.82, 2.24) is 9.61 Å². The van der Waals surface area contributed by atoms with E-state index < -0.39 is 0 Å². The average Bonchev–Trinajstić information content (AvgIpc) is 2.35. The Morgan fingerprint density at radius 2 is 2.56 bits per heavy atom. The summed E-state index contributed by atoms with van der Waals surface area (Å²) in [5.41, 5.74) is 8.14. The quantitative estimate of drug-likeness (QED) is 0.591. The molecule has 0 aliphatic rings. The fourth-order valence-corrected chi connectivity index (χ4v) is 1.43. The Bertz CT molecular complexity index is 321. The molecule has 9 heavy (non-hydrogen) atoms. The first kappa shape index (κ1) is 4.81. The molecule has 0 fully saturated rings. The second kappa shape index (κ2) is 1.48. The zero-order chi connectivity index (χ0) is 6.27. The number of nitrogens with zero attached hydrogens (tertiary/aromatic N) is 2. The van der Waals surface area contributed by atoms with E-state index in [1.54, 1.807) is 21.4 Å². The van der Waals surface area contributed by atoms with E-state index in [0.717, 1.165) is 10.5 Å². The number of hydrogen-bond donors (Lipinski definition) is 1. The molecule has 0 aliphatic heterocycles. The summed E-state index contributed by atoms with van der Waals surface area (Å²) in [6.07, 6.45) is 1.85. The average molecular weight is 139 g/mol. The molecule has 0 radical (unpaired) electrons. The Morgan fingerprint density at radius 3 is 3.33 bits per heavy atom. The molecule has 2 aromatic heterocycles. The third-order valence-corrected chi connectivity index (χ3v) is 2.03. The van der Waals surface area contributed by atoms with Gasteiger partial charge in [0, 0.05) is 6.20 Å². The SMILES string of the molecule is Nc1ccn2ncsc12. The van der Waals surface area contributed by atoms with Crippen molar-refractivity contribution in [2.75, 3.05) is 5.73 Å². The van der Waals surface area contributed by atoms with Crippen molar-refractivity contribution < 1.29 is 0 Å². The van der Waals surface area contributed by atoms with Crippen LogP contribution in [0.1, 0.15) is 0 Å². The van der Waals surface area contributed by atoms with E-state index in [1.807, 2.05) is 12.3 Å². The standard InChI is InChI=1S/C5H5N3S/c6-4-1-2-8-5(4)9-3-7-8/h1-3H,6H2. The predicted molar refractivity (Wildman–Crippen MR) is 37.5 cm³/mol. The van der Waals surface area contributed by atoms with Crippen molar-refractivity contribution in [3.63, 3.8) is 0 Å². The highest BCUT2D eigenvalue weighted by Gasteiger charge is 1.97. The maximum atomic E-state index is 5.57. The molecule has 0 spiro atoms. The van der Waals surface area contributed by atoms with Crippen LogP contribution in [0.3, 0.4) is 0 Å². The molecular formula is C5H5N3S. The van der Waals surface area contributed by atoms with Crippen LogP contribution in [-0.4, -0.2) is 9.61 Å². The van der Waals surface area contributed by atoms with Gasteiger partial charge in [-0.1, -0.05) is 0 Å². The number of nitrogen functional groups attached to an aromatic ring is 1. The maximum absolute atomic E-state index is 5.57. The van der Waals surface area contributed by atoms with Gasteiger partial charge in [-0.15, -0.1) is 11.3 Å². The number of fused-ring (bicyclic) bond motifs is 1. The van der Waals surface area contributed by atoms with Crippen molar-refractivity contribution in [2.24, 2.45) is 0 Å². The lowest BCUT2D eigenvalue weighted by molar-refractivity contribution is 0.977. The van der Waals surface area contributed by atoms with Gasteiger partial charge in [0.05, 0.1) is 5.69 Å². The summed E-state index contributed by atoms with van der Waals surface area (Å²) in [4.78, 5) is 1.02. The highest BCUT2D eigenvalue weighted by Crippen LogP contribution is 2.17. The van der Waals surface area contributed by atoms with Gasteiger partial charge in [-0.05, 0) is 6.07 Å². The summed E-state index contributed by atoms with van der Waals surface area (Å²) < 4.78 is 1.76. The van der Waals surface area contributed by atoms with Gasteiger partial charge >= 0.3 is 0 Å². The molecule has 2 N–H and O–H groups in total. The van der Waals surface area contributed by atoms with Crippen LogP contribution in [0.2, 0.25) is 0 Å². The van der Waals surface area contributed by atoms with E-state index in [0.29, 0.717) is 0 Å². The summed E-state index contributed by atoms with van der Waals surface area (Å²) in [5.74, 6) is 0. The molecule has 0 amide bonds.